The lowest BCUT2D eigenvalue weighted by Crippen LogP contribution is -2.24. The van der Waals surface area contributed by atoms with Crippen LogP contribution in [-0.2, 0) is 4.79 Å². The van der Waals surface area contributed by atoms with E-state index in [1.807, 2.05) is 0 Å². The summed E-state index contributed by atoms with van der Waals surface area (Å²) in [5.74, 6) is -0.884. The molecule has 0 aliphatic rings. The zero-order chi connectivity index (χ0) is 15.0. The van der Waals surface area contributed by atoms with E-state index in [0.29, 0.717) is 5.16 Å². The van der Waals surface area contributed by atoms with Crippen molar-refractivity contribution in [2.75, 3.05) is 25.4 Å². The van der Waals surface area contributed by atoms with Crippen LogP contribution in [0.15, 0.2) is 5.16 Å². The minimum atomic E-state index is -0.862. The van der Waals surface area contributed by atoms with Crippen LogP contribution in [0.4, 0.5) is 0 Å². The highest BCUT2D eigenvalue weighted by Gasteiger charge is 2.14. The van der Waals surface area contributed by atoms with Crippen molar-refractivity contribution in [3.8, 4) is 0 Å². The van der Waals surface area contributed by atoms with Gasteiger partial charge in [0.05, 0.1) is 11.8 Å². The smallest absolute Gasteiger partial charge is 0.313 e. The third-order valence-electron chi connectivity index (χ3n) is 3.20. The Balaban J connectivity index is 2.44. The van der Waals surface area contributed by atoms with Crippen LogP contribution in [0.3, 0.4) is 0 Å². The predicted octanol–water partition coefficient (Wildman–Crippen LogP) is 1.53. The summed E-state index contributed by atoms with van der Waals surface area (Å²) < 4.78 is 1.72. The van der Waals surface area contributed by atoms with Gasteiger partial charge in [-0.2, -0.15) is 0 Å². The molecule has 7 nitrogen and oxygen atoms in total. The standard InChI is InChI=1S/C12H23N5O2S/c1-4-16(5-2)8-6-7-10(3)17-12(13-14-15-17)20-9-11(18)19/h10H,4-9H2,1-3H3,(H,18,19). The molecular weight excluding hydrogens is 278 g/mol. The lowest BCUT2D eigenvalue weighted by Gasteiger charge is -2.19. The number of rotatable bonds is 10. The number of aliphatic carboxylic acids is 1. The lowest BCUT2D eigenvalue weighted by molar-refractivity contribution is -0.133. The lowest BCUT2D eigenvalue weighted by atomic mass is 10.2. The first-order chi connectivity index (χ1) is 9.58. The molecule has 0 radical (unpaired) electrons. The van der Waals surface area contributed by atoms with Crippen molar-refractivity contribution in [2.24, 2.45) is 0 Å². The fourth-order valence-corrected chi connectivity index (χ4v) is 2.65. The number of hydrogen-bond acceptors (Lipinski definition) is 6. The molecule has 1 heterocycles. The number of hydrogen-bond donors (Lipinski definition) is 1. The fraction of sp³-hybridized carbons (Fsp3) is 0.833. The Hall–Kier alpha value is -1.15. The molecule has 0 amide bonds. The topological polar surface area (TPSA) is 84.1 Å². The summed E-state index contributed by atoms with van der Waals surface area (Å²) in [4.78, 5) is 13.0. The molecule has 114 valence electrons. The van der Waals surface area contributed by atoms with Crippen molar-refractivity contribution in [3.05, 3.63) is 0 Å². The van der Waals surface area contributed by atoms with Crippen LogP contribution in [0, 0.1) is 0 Å². The minimum absolute atomic E-state index is 0.0213. The largest absolute Gasteiger partial charge is 0.481 e. The average molecular weight is 301 g/mol. The second kappa shape index (κ2) is 8.91. The summed E-state index contributed by atoms with van der Waals surface area (Å²) in [6.07, 6.45) is 2.05. The van der Waals surface area contributed by atoms with E-state index < -0.39 is 5.97 Å². The molecule has 0 saturated heterocycles. The van der Waals surface area contributed by atoms with Gasteiger partial charge >= 0.3 is 5.97 Å². The van der Waals surface area contributed by atoms with Gasteiger partial charge in [0.2, 0.25) is 5.16 Å². The van der Waals surface area contributed by atoms with Crippen LogP contribution in [-0.4, -0.2) is 61.6 Å². The van der Waals surface area contributed by atoms with E-state index in [2.05, 4.69) is 41.2 Å². The quantitative estimate of drug-likeness (QED) is 0.656. The molecule has 0 aliphatic carbocycles. The van der Waals surface area contributed by atoms with Crippen LogP contribution in [0.2, 0.25) is 0 Å². The van der Waals surface area contributed by atoms with Gasteiger partial charge in [-0.1, -0.05) is 25.6 Å². The van der Waals surface area contributed by atoms with Gasteiger partial charge in [0.15, 0.2) is 0 Å². The molecule has 0 fully saturated rings. The van der Waals surface area contributed by atoms with Crippen LogP contribution >= 0.6 is 11.8 Å². The molecule has 0 spiro atoms. The fourth-order valence-electron chi connectivity index (χ4n) is 1.96. The van der Waals surface area contributed by atoms with Gasteiger partial charge in [-0.25, -0.2) is 4.68 Å². The van der Waals surface area contributed by atoms with Crippen LogP contribution in [0.1, 0.15) is 39.7 Å². The van der Waals surface area contributed by atoms with Gasteiger partial charge in [0.25, 0.3) is 0 Å². The van der Waals surface area contributed by atoms with E-state index in [0.717, 1.165) is 44.2 Å². The Bertz CT molecular complexity index is 408. The molecule has 1 unspecified atom stereocenters. The molecule has 1 rings (SSSR count). The maximum absolute atomic E-state index is 10.6. The highest BCUT2D eigenvalue weighted by atomic mass is 32.2. The summed E-state index contributed by atoms with van der Waals surface area (Å²) in [6, 6.07) is 0.178. The number of carboxylic acid groups (broad SMARTS) is 1. The van der Waals surface area contributed by atoms with Gasteiger partial charge in [-0.15, -0.1) is 5.10 Å². The molecule has 8 heteroatoms. The van der Waals surface area contributed by atoms with Crippen molar-refractivity contribution in [1.29, 1.82) is 0 Å². The van der Waals surface area contributed by atoms with Gasteiger partial charge in [0, 0.05) is 0 Å². The third-order valence-corrected chi connectivity index (χ3v) is 4.11. The predicted molar refractivity (Wildman–Crippen MR) is 77.9 cm³/mol. The molecule has 0 aromatic carbocycles. The number of carboxylic acids is 1. The minimum Gasteiger partial charge on any atom is -0.481 e. The molecule has 1 atom stereocenters. The molecular formula is C12H23N5O2S. The van der Waals surface area contributed by atoms with Gasteiger partial charge in [-0.3, -0.25) is 4.79 Å². The molecule has 0 aliphatic heterocycles. The Kier molecular flexibility index (Phi) is 7.53. The summed E-state index contributed by atoms with van der Waals surface area (Å²) >= 11 is 1.16. The third kappa shape index (κ3) is 5.46. The molecule has 1 aromatic rings. The summed E-state index contributed by atoms with van der Waals surface area (Å²) in [5, 5.41) is 20.7. The Morgan fingerprint density at radius 3 is 2.75 bits per heavy atom. The van der Waals surface area contributed by atoms with Crippen molar-refractivity contribution >= 4 is 17.7 Å². The molecule has 0 bridgehead atoms. The van der Waals surface area contributed by atoms with Gasteiger partial charge in [-0.05, 0) is 49.8 Å². The maximum atomic E-state index is 10.6. The number of aromatic nitrogens is 4. The van der Waals surface area contributed by atoms with E-state index >= 15 is 0 Å². The van der Waals surface area contributed by atoms with Crippen LogP contribution < -0.4 is 0 Å². The van der Waals surface area contributed by atoms with E-state index in [4.69, 9.17) is 5.11 Å². The van der Waals surface area contributed by atoms with E-state index in [1.54, 1.807) is 4.68 Å². The first-order valence-electron chi connectivity index (χ1n) is 6.93. The second-order valence-corrected chi connectivity index (χ2v) is 5.55. The summed E-state index contributed by atoms with van der Waals surface area (Å²) in [5.41, 5.74) is 0. The zero-order valence-corrected chi connectivity index (χ0v) is 13.1. The highest BCUT2D eigenvalue weighted by molar-refractivity contribution is 7.99. The highest BCUT2D eigenvalue weighted by Crippen LogP contribution is 2.20. The number of nitrogens with zero attached hydrogens (tertiary/aromatic N) is 5. The van der Waals surface area contributed by atoms with Crippen molar-refractivity contribution in [1.82, 2.24) is 25.1 Å². The first kappa shape index (κ1) is 16.9. The zero-order valence-electron chi connectivity index (χ0n) is 12.3. The van der Waals surface area contributed by atoms with Gasteiger partial charge in [0.1, 0.15) is 0 Å². The SMILES string of the molecule is CCN(CC)CCCC(C)n1nnnc1SCC(=O)O. The maximum Gasteiger partial charge on any atom is 0.313 e. The second-order valence-electron chi connectivity index (χ2n) is 4.61. The Morgan fingerprint density at radius 2 is 2.15 bits per heavy atom. The monoisotopic (exact) mass is 301 g/mol. The Labute approximate surface area is 123 Å². The van der Waals surface area contributed by atoms with Crippen molar-refractivity contribution in [3.63, 3.8) is 0 Å². The normalized spacial score (nSPS) is 12.8. The van der Waals surface area contributed by atoms with Gasteiger partial charge < -0.3 is 10.0 Å². The van der Waals surface area contributed by atoms with Crippen LogP contribution in [0.5, 0.6) is 0 Å². The first-order valence-corrected chi connectivity index (χ1v) is 7.91. The number of tetrazole rings is 1. The van der Waals surface area contributed by atoms with Crippen LogP contribution in [0.25, 0.3) is 0 Å². The molecule has 1 N–H and O–H groups in total. The molecule has 1 aromatic heterocycles. The Morgan fingerprint density at radius 1 is 1.45 bits per heavy atom. The molecule has 20 heavy (non-hydrogen) atoms. The van der Waals surface area contributed by atoms with Crippen molar-refractivity contribution < 1.29 is 9.90 Å². The summed E-state index contributed by atoms with van der Waals surface area (Å²) in [6.45, 7) is 9.58. The average Bonchev–Trinajstić information content (AvgIpc) is 2.89. The molecule has 0 saturated carbocycles. The van der Waals surface area contributed by atoms with E-state index in [-0.39, 0.29) is 11.8 Å². The number of carbonyl (C=O) groups is 1. The summed E-state index contributed by atoms with van der Waals surface area (Å²) in [7, 11) is 0. The van der Waals surface area contributed by atoms with Crippen molar-refractivity contribution in [2.45, 2.75) is 44.8 Å². The van der Waals surface area contributed by atoms with E-state index in [9.17, 15) is 4.79 Å². The van der Waals surface area contributed by atoms with E-state index in [1.165, 1.54) is 0 Å². The number of thioether (sulfide) groups is 1.